The molecule has 0 bridgehead atoms. The van der Waals surface area contributed by atoms with E-state index in [2.05, 4.69) is 15.9 Å². The molecule has 0 atom stereocenters. The lowest BCUT2D eigenvalue weighted by molar-refractivity contribution is -0.137. The molecule has 0 aliphatic heterocycles. The first-order valence-corrected chi connectivity index (χ1v) is 4.93. The van der Waals surface area contributed by atoms with Gasteiger partial charge in [-0.1, -0.05) is 15.9 Å². The second-order valence-electron chi connectivity index (χ2n) is 3.01. The van der Waals surface area contributed by atoms with Gasteiger partial charge in [0.05, 0.1) is 5.56 Å². The summed E-state index contributed by atoms with van der Waals surface area (Å²) in [5, 5.41) is 0. The SMILES string of the molecule is NC(=O)C=Cc1cc(Br)cc(C(F)(F)F)c1. The van der Waals surface area contributed by atoms with Gasteiger partial charge in [-0.2, -0.15) is 13.2 Å². The summed E-state index contributed by atoms with van der Waals surface area (Å²) < 4.78 is 37.5. The monoisotopic (exact) mass is 293 g/mol. The van der Waals surface area contributed by atoms with Crippen LogP contribution in [0.2, 0.25) is 0 Å². The lowest BCUT2D eigenvalue weighted by Gasteiger charge is -2.08. The molecule has 1 aromatic carbocycles. The van der Waals surface area contributed by atoms with Crippen LogP contribution in [0.1, 0.15) is 11.1 Å². The Morgan fingerprint density at radius 2 is 1.94 bits per heavy atom. The third kappa shape index (κ3) is 3.69. The number of hydrogen-bond acceptors (Lipinski definition) is 1. The Labute approximate surface area is 98.1 Å². The fraction of sp³-hybridized carbons (Fsp3) is 0.100. The molecule has 0 heterocycles. The van der Waals surface area contributed by atoms with E-state index in [4.69, 9.17) is 5.73 Å². The number of carbonyl (C=O) groups is 1. The minimum absolute atomic E-state index is 0.250. The third-order valence-corrected chi connectivity index (χ3v) is 2.15. The zero-order valence-electron chi connectivity index (χ0n) is 7.88. The highest BCUT2D eigenvalue weighted by atomic mass is 79.9. The molecule has 1 rings (SSSR count). The molecule has 2 nitrogen and oxygen atoms in total. The molecule has 0 aromatic heterocycles. The second-order valence-corrected chi connectivity index (χ2v) is 3.92. The van der Waals surface area contributed by atoms with Gasteiger partial charge >= 0.3 is 6.18 Å². The van der Waals surface area contributed by atoms with Crippen LogP contribution in [0.25, 0.3) is 6.08 Å². The fourth-order valence-corrected chi connectivity index (χ4v) is 1.56. The fourth-order valence-electron chi connectivity index (χ4n) is 1.05. The number of amides is 1. The highest BCUT2D eigenvalue weighted by Crippen LogP contribution is 2.32. The molecular weight excluding hydrogens is 287 g/mol. The Hall–Kier alpha value is -1.30. The number of alkyl halides is 3. The molecule has 86 valence electrons. The molecule has 0 spiro atoms. The molecule has 1 amide bonds. The van der Waals surface area contributed by atoms with Gasteiger partial charge in [-0.25, -0.2) is 0 Å². The van der Waals surface area contributed by atoms with Crippen molar-refractivity contribution >= 4 is 27.9 Å². The number of halogens is 4. The Kier molecular flexibility index (Phi) is 3.74. The molecule has 6 heteroatoms. The number of carbonyl (C=O) groups excluding carboxylic acids is 1. The Balaban J connectivity index is 3.13. The lowest BCUT2D eigenvalue weighted by atomic mass is 10.1. The van der Waals surface area contributed by atoms with E-state index in [0.717, 1.165) is 18.2 Å². The molecule has 16 heavy (non-hydrogen) atoms. The number of nitrogens with two attached hydrogens (primary N) is 1. The van der Waals surface area contributed by atoms with Gasteiger partial charge in [0.2, 0.25) is 5.91 Å². The molecule has 0 saturated heterocycles. The first-order valence-electron chi connectivity index (χ1n) is 4.14. The summed E-state index contributed by atoms with van der Waals surface area (Å²) in [7, 11) is 0. The predicted molar refractivity (Wildman–Crippen MR) is 57.4 cm³/mol. The van der Waals surface area contributed by atoms with E-state index < -0.39 is 17.6 Å². The van der Waals surface area contributed by atoms with Crippen LogP contribution in [0.3, 0.4) is 0 Å². The highest BCUT2D eigenvalue weighted by Gasteiger charge is 2.30. The maximum atomic E-state index is 12.4. The van der Waals surface area contributed by atoms with Crippen molar-refractivity contribution < 1.29 is 18.0 Å². The summed E-state index contributed by atoms with van der Waals surface area (Å²) in [5.74, 6) is -0.714. The molecule has 0 aliphatic rings. The van der Waals surface area contributed by atoms with E-state index >= 15 is 0 Å². The van der Waals surface area contributed by atoms with Gasteiger partial charge in [-0.3, -0.25) is 4.79 Å². The molecule has 0 unspecified atom stereocenters. The molecule has 0 fully saturated rings. The number of benzene rings is 1. The van der Waals surface area contributed by atoms with Crippen molar-refractivity contribution in [3.63, 3.8) is 0 Å². The van der Waals surface area contributed by atoms with Crippen LogP contribution >= 0.6 is 15.9 Å². The van der Waals surface area contributed by atoms with Crippen LogP contribution in [0.5, 0.6) is 0 Å². The van der Waals surface area contributed by atoms with Crippen molar-refractivity contribution in [2.24, 2.45) is 5.73 Å². The normalized spacial score (nSPS) is 12.0. The van der Waals surface area contributed by atoms with Gasteiger partial charge in [0.15, 0.2) is 0 Å². The zero-order valence-corrected chi connectivity index (χ0v) is 9.47. The molecule has 0 saturated carbocycles. The lowest BCUT2D eigenvalue weighted by Crippen LogP contribution is -2.06. The van der Waals surface area contributed by atoms with Crippen LogP contribution in [0.4, 0.5) is 13.2 Å². The van der Waals surface area contributed by atoms with Crippen molar-refractivity contribution in [3.8, 4) is 0 Å². The van der Waals surface area contributed by atoms with E-state index in [9.17, 15) is 18.0 Å². The Morgan fingerprint density at radius 3 is 2.44 bits per heavy atom. The van der Waals surface area contributed by atoms with Crippen molar-refractivity contribution in [1.29, 1.82) is 0 Å². The van der Waals surface area contributed by atoms with Crippen LogP contribution in [0.15, 0.2) is 28.7 Å². The molecule has 1 aromatic rings. The molecule has 2 N–H and O–H groups in total. The van der Waals surface area contributed by atoms with Crippen LogP contribution in [-0.4, -0.2) is 5.91 Å². The Bertz CT molecular complexity index is 440. The summed E-state index contributed by atoms with van der Waals surface area (Å²) in [4.78, 5) is 10.4. The number of primary amides is 1. The quantitative estimate of drug-likeness (QED) is 0.837. The number of hydrogen-bond donors (Lipinski definition) is 1. The van der Waals surface area contributed by atoms with Crippen molar-refractivity contribution in [3.05, 3.63) is 39.9 Å². The van der Waals surface area contributed by atoms with E-state index in [1.807, 2.05) is 0 Å². The van der Waals surface area contributed by atoms with E-state index in [1.165, 1.54) is 12.1 Å². The van der Waals surface area contributed by atoms with E-state index in [1.54, 1.807) is 0 Å². The average Bonchev–Trinajstić information content (AvgIpc) is 2.12. The smallest absolute Gasteiger partial charge is 0.366 e. The van der Waals surface area contributed by atoms with Gasteiger partial charge in [0.1, 0.15) is 0 Å². The maximum absolute atomic E-state index is 12.4. The van der Waals surface area contributed by atoms with Crippen molar-refractivity contribution in [2.75, 3.05) is 0 Å². The van der Waals surface area contributed by atoms with E-state index in [-0.39, 0.29) is 10.0 Å². The minimum atomic E-state index is -4.42. The summed E-state index contributed by atoms with van der Waals surface area (Å²) in [6, 6.07) is 3.35. The molecule has 0 radical (unpaired) electrons. The standard InChI is InChI=1S/C10H7BrF3NO/c11-8-4-6(1-2-9(15)16)3-7(5-8)10(12,13)14/h1-5H,(H2,15,16). The minimum Gasteiger partial charge on any atom is -0.366 e. The van der Waals surface area contributed by atoms with Crippen LogP contribution in [0, 0.1) is 0 Å². The largest absolute Gasteiger partial charge is 0.416 e. The highest BCUT2D eigenvalue weighted by molar-refractivity contribution is 9.10. The summed E-state index contributed by atoms with van der Waals surface area (Å²) in [6.07, 6.45) is -2.19. The summed E-state index contributed by atoms with van der Waals surface area (Å²) in [6.45, 7) is 0. The topological polar surface area (TPSA) is 43.1 Å². The second kappa shape index (κ2) is 4.69. The first-order chi connectivity index (χ1) is 7.29. The molecule has 0 aliphatic carbocycles. The molecular formula is C10H7BrF3NO. The summed E-state index contributed by atoms with van der Waals surface area (Å²) in [5.41, 5.74) is 4.31. The van der Waals surface area contributed by atoms with Gasteiger partial charge in [-0.05, 0) is 29.8 Å². The van der Waals surface area contributed by atoms with Gasteiger partial charge in [-0.15, -0.1) is 0 Å². The van der Waals surface area contributed by atoms with Gasteiger partial charge in [0, 0.05) is 10.5 Å². The van der Waals surface area contributed by atoms with Crippen LogP contribution < -0.4 is 5.73 Å². The van der Waals surface area contributed by atoms with E-state index in [0.29, 0.717) is 0 Å². The first kappa shape index (κ1) is 12.8. The van der Waals surface area contributed by atoms with Crippen LogP contribution in [-0.2, 0) is 11.0 Å². The van der Waals surface area contributed by atoms with Crippen molar-refractivity contribution in [1.82, 2.24) is 0 Å². The summed E-state index contributed by atoms with van der Waals surface area (Å²) >= 11 is 2.96. The Morgan fingerprint density at radius 1 is 1.31 bits per heavy atom. The zero-order chi connectivity index (χ0) is 12.3. The number of rotatable bonds is 2. The average molecular weight is 294 g/mol. The van der Waals surface area contributed by atoms with Gasteiger partial charge in [0.25, 0.3) is 0 Å². The van der Waals surface area contributed by atoms with Gasteiger partial charge < -0.3 is 5.73 Å². The third-order valence-electron chi connectivity index (χ3n) is 1.69. The predicted octanol–water partition coefficient (Wildman–Crippen LogP) is 2.97. The van der Waals surface area contributed by atoms with Crippen molar-refractivity contribution in [2.45, 2.75) is 6.18 Å². The maximum Gasteiger partial charge on any atom is 0.416 e.